The molecular weight excluding hydrogens is 354 g/mol. The molecule has 3 rings (SSSR count). The summed E-state index contributed by atoms with van der Waals surface area (Å²) in [5.41, 5.74) is -0.536. The molecule has 1 heterocycles. The van der Waals surface area contributed by atoms with Crippen LogP contribution in [0.1, 0.15) is 11.1 Å². The van der Waals surface area contributed by atoms with E-state index in [4.69, 9.17) is 18.9 Å². The fourth-order valence-corrected chi connectivity index (χ4v) is 3.18. The topological polar surface area (TPSA) is 36.9 Å². The molecular formula is C21H24F2O4. The van der Waals surface area contributed by atoms with Gasteiger partial charge in [-0.25, -0.2) is 8.78 Å². The molecule has 27 heavy (non-hydrogen) atoms. The number of benzene rings is 2. The van der Waals surface area contributed by atoms with E-state index < -0.39 is 30.8 Å². The summed E-state index contributed by atoms with van der Waals surface area (Å²) in [6, 6.07) is 18.9. The highest BCUT2D eigenvalue weighted by molar-refractivity contribution is 5.14. The molecule has 0 aliphatic carbocycles. The number of alkyl halides is 2. The predicted octanol–water partition coefficient (Wildman–Crippen LogP) is 3.84. The van der Waals surface area contributed by atoms with Crippen molar-refractivity contribution in [3.8, 4) is 0 Å². The van der Waals surface area contributed by atoms with Crippen molar-refractivity contribution in [2.75, 3.05) is 20.4 Å². The van der Waals surface area contributed by atoms with E-state index in [1.165, 1.54) is 7.11 Å². The van der Waals surface area contributed by atoms with E-state index in [-0.39, 0.29) is 13.2 Å². The zero-order valence-electron chi connectivity index (χ0n) is 15.2. The Hall–Kier alpha value is -1.86. The zero-order valence-corrected chi connectivity index (χ0v) is 15.2. The van der Waals surface area contributed by atoms with Gasteiger partial charge in [-0.3, -0.25) is 0 Å². The third-order valence-electron chi connectivity index (χ3n) is 4.59. The molecule has 146 valence electrons. The Morgan fingerprint density at radius 3 is 2.11 bits per heavy atom. The van der Waals surface area contributed by atoms with Crippen molar-refractivity contribution in [3.63, 3.8) is 0 Å². The smallest absolute Gasteiger partial charge is 0.217 e. The molecule has 1 fully saturated rings. The van der Waals surface area contributed by atoms with Crippen LogP contribution in [0.5, 0.6) is 0 Å². The summed E-state index contributed by atoms with van der Waals surface area (Å²) < 4.78 is 50.9. The van der Waals surface area contributed by atoms with Crippen LogP contribution in [0, 0.1) is 0 Å². The monoisotopic (exact) mass is 378 g/mol. The highest BCUT2D eigenvalue weighted by Gasteiger charge is 2.59. The van der Waals surface area contributed by atoms with Gasteiger partial charge in [-0.2, -0.15) is 0 Å². The molecule has 1 aliphatic heterocycles. The molecule has 4 atom stereocenters. The van der Waals surface area contributed by atoms with Crippen molar-refractivity contribution in [1.82, 2.24) is 0 Å². The first-order valence-corrected chi connectivity index (χ1v) is 8.87. The molecule has 6 heteroatoms. The van der Waals surface area contributed by atoms with Crippen molar-refractivity contribution in [2.24, 2.45) is 0 Å². The van der Waals surface area contributed by atoms with Gasteiger partial charge in [0.05, 0.1) is 19.8 Å². The summed E-state index contributed by atoms with van der Waals surface area (Å²) in [6.45, 7) is -0.704. The van der Waals surface area contributed by atoms with Crippen LogP contribution in [0.4, 0.5) is 8.78 Å². The number of hydrogen-bond donors (Lipinski definition) is 0. The van der Waals surface area contributed by atoms with Gasteiger partial charge in [0.15, 0.2) is 6.29 Å². The standard InChI is InChI=1S/C21H24F2O4/c1-24-20-21(23,15-22)19(26-13-17-10-6-3-7-11-17)18(27-20)14-25-12-16-8-4-2-5-9-16/h2-11,18-20H,12-15H2,1H3. The van der Waals surface area contributed by atoms with Gasteiger partial charge >= 0.3 is 0 Å². The molecule has 4 nitrogen and oxygen atoms in total. The number of ether oxygens (including phenoxy) is 4. The third kappa shape index (κ3) is 4.71. The van der Waals surface area contributed by atoms with E-state index in [0.29, 0.717) is 6.61 Å². The Bertz CT molecular complexity index is 685. The summed E-state index contributed by atoms with van der Waals surface area (Å²) in [5, 5.41) is 0. The average molecular weight is 378 g/mol. The second-order valence-electron chi connectivity index (χ2n) is 6.52. The lowest BCUT2D eigenvalue weighted by atomic mass is 9.98. The first kappa shape index (κ1) is 19.9. The van der Waals surface area contributed by atoms with Gasteiger partial charge in [-0.15, -0.1) is 0 Å². The molecule has 4 unspecified atom stereocenters. The van der Waals surface area contributed by atoms with Gasteiger partial charge in [0.25, 0.3) is 0 Å². The molecule has 0 amide bonds. The van der Waals surface area contributed by atoms with E-state index >= 15 is 4.39 Å². The van der Waals surface area contributed by atoms with Crippen LogP contribution in [0.3, 0.4) is 0 Å². The molecule has 0 spiro atoms. The van der Waals surface area contributed by atoms with Crippen molar-refractivity contribution in [1.29, 1.82) is 0 Å². The van der Waals surface area contributed by atoms with Crippen molar-refractivity contribution in [3.05, 3.63) is 71.8 Å². The molecule has 0 saturated carbocycles. The van der Waals surface area contributed by atoms with Gasteiger partial charge in [-0.05, 0) is 11.1 Å². The quantitative estimate of drug-likeness (QED) is 0.664. The SMILES string of the molecule is COC1OC(COCc2ccccc2)C(OCc2ccccc2)C1(F)CF. The molecule has 2 aromatic carbocycles. The lowest BCUT2D eigenvalue weighted by molar-refractivity contribution is -0.175. The van der Waals surface area contributed by atoms with Crippen LogP contribution in [-0.2, 0) is 32.2 Å². The number of halogens is 2. The summed E-state index contributed by atoms with van der Waals surface area (Å²) in [7, 11) is 1.29. The van der Waals surface area contributed by atoms with Crippen LogP contribution in [0.15, 0.2) is 60.7 Å². The number of hydrogen-bond acceptors (Lipinski definition) is 4. The van der Waals surface area contributed by atoms with Gasteiger partial charge in [0.1, 0.15) is 18.9 Å². The Labute approximate surface area is 158 Å². The van der Waals surface area contributed by atoms with Gasteiger partial charge in [-0.1, -0.05) is 60.7 Å². The van der Waals surface area contributed by atoms with Crippen LogP contribution >= 0.6 is 0 Å². The second-order valence-corrected chi connectivity index (χ2v) is 6.52. The summed E-state index contributed by atoms with van der Waals surface area (Å²) in [6.07, 6.45) is -3.25. The lowest BCUT2D eigenvalue weighted by Gasteiger charge is -2.28. The van der Waals surface area contributed by atoms with E-state index in [2.05, 4.69) is 0 Å². The molecule has 0 N–H and O–H groups in total. The Morgan fingerprint density at radius 2 is 1.56 bits per heavy atom. The van der Waals surface area contributed by atoms with E-state index in [1.807, 2.05) is 60.7 Å². The van der Waals surface area contributed by atoms with Crippen LogP contribution in [0.2, 0.25) is 0 Å². The minimum atomic E-state index is -2.38. The second kappa shape index (κ2) is 9.37. The summed E-state index contributed by atoms with van der Waals surface area (Å²) in [4.78, 5) is 0. The van der Waals surface area contributed by atoms with Gasteiger partial charge in [0, 0.05) is 7.11 Å². The van der Waals surface area contributed by atoms with Crippen LogP contribution in [0.25, 0.3) is 0 Å². The lowest BCUT2D eigenvalue weighted by Crippen LogP contribution is -2.48. The fourth-order valence-electron chi connectivity index (χ4n) is 3.18. The Morgan fingerprint density at radius 1 is 0.963 bits per heavy atom. The summed E-state index contributed by atoms with van der Waals surface area (Å²) in [5.74, 6) is 0. The van der Waals surface area contributed by atoms with Crippen molar-refractivity contribution >= 4 is 0 Å². The largest absolute Gasteiger partial charge is 0.374 e. The van der Waals surface area contributed by atoms with Crippen LogP contribution in [-0.4, -0.2) is 44.6 Å². The Balaban J connectivity index is 1.65. The molecule has 0 radical (unpaired) electrons. The molecule has 0 aromatic heterocycles. The van der Waals surface area contributed by atoms with Gasteiger partial charge in [0.2, 0.25) is 5.67 Å². The third-order valence-corrected chi connectivity index (χ3v) is 4.59. The first-order valence-electron chi connectivity index (χ1n) is 8.87. The molecule has 0 bridgehead atoms. The minimum absolute atomic E-state index is 0.0693. The van der Waals surface area contributed by atoms with Crippen molar-refractivity contribution in [2.45, 2.75) is 37.4 Å². The normalized spacial score (nSPS) is 27.7. The zero-order chi connectivity index (χ0) is 19.1. The summed E-state index contributed by atoms with van der Waals surface area (Å²) >= 11 is 0. The minimum Gasteiger partial charge on any atom is -0.374 e. The van der Waals surface area contributed by atoms with Crippen molar-refractivity contribution < 1.29 is 27.7 Å². The average Bonchev–Trinajstić information content (AvgIpc) is 2.99. The molecule has 1 saturated heterocycles. The van der Waals surface area contributed by atoms with Gasteiger partial charge < -0.3 is 18.9 Å². The highest BCUT2D eigenvalue weighted by atomic mass is 19.2. The Kier molecular flexibility index (Phi) is 6.90. The highest BCUT2D eigenvalue weighted by Crippen LogP contribution is 2.38. The van der Waals surface area contributed by atoms with E-state index in [1.54, 1.807) is 0 Å². The fraction of sp³-hybridized carbons (Fsp3) is 0.429. The number of rotatable bonds is 9. The van der Waals surface area contributed by atoms with E-state index in [9.17, 15) is 4.39 Å². The predicted molar refractivity (Wildman–Crippen MR) is 96.6 cm³/mol. The first-order chi connectivity index (χ1) is 13.2. The maximum atomic E-state index is 15.3. The number of methoxy groups -OCH3 is 1. The van der Waals surface area contributed by atoms with Crippen LogP contribution < -0.4 is 0 Å². The molecule has 2 aromatic rings. The molecule has 1 aliphatic rings. The maximum Gasteiger partial charge on any atom is 0.217 e. The maximum absolute atomic E-state index is 15.3. The van der Waals surface area contributed by atoms with E-state index in [0.717, 1.165) is 11.1 Å².